The number of rotatable bonds is 2. The summed E-state index contributed by atoms with van der Waals surface area (Å²) >= 11 is 0. The average Bonchev–Trinajstić information content (AvgIpc) is 2.89. The molecule has 0 aromatic carbocycles. The first-order valence-corrected chi connectivity index (χ1v) is 6.18. The van der Waals surface area contributed by atoms with Gasteiger partial charge in [-0.3, -0.25) is 4.79 Å². The van der Waals surface area contributed by atoms with Crippen LogP contribution in [-0.2, 0) is 0 Å². The quantitative estimate of drug-likeness (QED) is 0.533. The lowest BCUT2D eigenvalue weighted by Gasteiger charge is -2.15. The molecule has 8 nitrogen and oxygen atoms in total. The number of carbonyl (C=O) groups is 1. The summed E-state index contributed by atoms with van der Waals surface area (Å²) in [5.41, 5.74) is 5.96. The number of hydrogen-bond acceptors (Lipinski definition) is 7. The number of aromatic nitrogens is 2. The molecule has 108 valence electrons. The zero-order valence-electron chi connectivity index (χ0n) is 10.9. The molecule has 20 heavy (non-hydrogen) atoms. The Balaban J connectivity index is 2.45. The van der Waals surface area contributed by atoms with Crippen LogP contribution in [0.4, 0.5) is 5.69 Å². The van der Waals surface area contributed by atoms with Crippen molar-refractivity contribution in [2.24, 2.45) is 5.92 Å². The molecule has 0 saturated heterocycles. The fourth-order valence-corrected chi connectivity index (χ4v) is 2.63. The second-order valence-electron chi connectivity index (χ2n) is 4.96. The molecular formula is C12H16N4O4. The predicted octanol–water partition coefficient (Wildman–Crippen LogP) is -1.19. The van der Waals surface area contributed by atoms with Crippen molar-refractivity contribution in [3.05, 3.63) is 11.4 Å². The minimum Gasteiger partial charge on any atom is -0.396 e. The number of nitriles is 1. The normalized spacial score (nSPS) is 29.4. The van der Waals surface area contributed by atoms with Crippen LogP contribution < -0.4 is 5.73 Å². The third-order valence-corrected chi connectivity index (χ3v) is 3.74. The molecule has 1 heterocycles. The summed E-state index contributed by atoms with van der Waals surface area (Å²) < 4.78 is 0.885. The molecule has 0 unspecified atom stereocenters. The molecule has 4 atom stereocenters. The van der Waals surface area contributed by atoms with E-state index in [2.05, 4.69) is 5.10 Å². The van der Waals surface area contributed by atoms with Crippen LogP contribution in [0.15, 0.2) is 0 Å². The van der Waals surface area contributed by atoms with E-state index in [1.165, 1.54) is 6.92 Å². The van der Waals surface area contributed by atoms with Gasteiger partial charge in [0.2, 0.25) is 5.91 Å². The molecule has 2 rings (SSSR count). The molecule has 0 aliphatic heterocycles. The number of nitrogens with two attached hydrogens (primary N) is 1. The van der Waals surface area contributed by atoms with Crippen molar-refractivity contribution in [1.29, 1.82) is 5.26 Å². The zero-order valence-corrected chi connectivity index (χ0v) is 10.9. The summed E-state index contributed by atoms with van der Waals surface area (Å²) in [6, 6.07) is 1.80. The molecule has 1 fully saturated rings. The van der Waals surface area contributed by atoms with Crippen LogP contribution in [0.1, 0.15) is 35.4 Å². The van der Waals surface area contributed by atoms with E-state index in [4.69, 9.17) is 16.1 Å². The number of anilines is 1. The first-order valence-electron chi connectivity index (χ1n) is 6.18. The molecule has 1 saturated carbocycles. The predicted molar refractivity (Wildman–Crippen MR) is 67.6 cm³/mol. The van der Waals surface area contributed by atoms with Crippen LogP contribution in [0.25, 0.3) is 0 Å². The van der Waals surface area contributed by atoms with Gasteiger partial charge in [0.15, 0.2) is 5.69 Å². The molecule has 0 amide bonds. The van der Waals surface area contributed by atoms with Crippen molar-refractivity contribution in [3.8, 4) is 6.07 Å². The third kappa shape index (κ3) is 2.06. The summed E-state index contributed by atoms with van der Waals surface area (Å²) in [6.45, 7) is 0.973. The zero-order chi connectivity index (χ0) is 15.0. The number of hydrogen-bond donors (Lipinski definition) is 4. The highest BCUT2D eigenvalue weighted by molar-refractivity contribution is 5.79. The first kappa shape index (κ1) is 14.5. The van der Waals surface area contributed by atoms with Gasteiger partial charge in [-0.1, -0.05) is 0 Å². The summed E-state index contributed by atoms with van der Waals surface area (Å²) in [4.78, 5) is 11.4. The molecule has 0 radical (unpaired) electrons. The number of carbonyl (C=O) groups excluding carboxylic acids is 1. The molecule has 1 aromatic rings. The Bertz CT molecular complexity index is 577. The van der Waals surface area contributed by atoms with Crippen molar-refractivity contribution in [3.63, 3.8) is 0 Å². The lowest BCUT2D eigenvalue weighted by Crippen LogP contribution is -2.29. The SMILES string of the molecule is CC(=O)n1nc([C@@H]2C[C@@H](CO)[C@@H](O)[C@H]2O)c(N)c1C#N. The number of nitrogens with zero attached hydrogens (tertiary/aromatic N) is 3. The fourth-order valence-electron chi connectivity index (χ4n) is 2.63. The highest BCUT2D eigenvalue weighted by Gasteiger charge is 2.44. The maximum atomic E-state index is 11.4. The Labute approximate surface area is 115 Å². The molecular weight excluding hydrogens is 264 g/mol. The van der Waals surface area contributed by atoms with E-state index >= 15 is 0 Å². The maximum absolute atomic E-state index is 11.4. The average molecular weight is 280 g/mol. The molecule has 5 N–H and O–H groups in total. The van der Waals surface area contributed by atoms with Gasteiger partial charge in [-0.05, 0) is 6.42 Å². The summed E-state index contributed by atoms with van der Waals surface area (Å²) in [7, 11) is 0. The van der Waals surface area contributed by atoms with Crippen LogP contribution in [0.5, 0.6) is 0 Å². The Hall–Kier alpha value is -1.95. The Morgan fingerprint density at radius 1 is 1.55 bits per heavy atom. The van der Waals surface area contributed by atoms with Gasteiger partial charge in [0.1, 0.15) is 6.07 Å². The summed E-state index contributed by atoms with van der Waals surface area (Å²) in [6.07, 6.45) is -1.95. The van der Waals surface area contributed by atoms with Crippen LogP contribution in [0.2, 0.25) is 0 Å². The molecule has 8 heteroatoms. The second kappa shape index (κ2) is 5.20. The Morgan fingerprint density at radius 3 is 2.60 bits per heavy atom. The van der Waals surface area contributed by atoms with Crippen LogP contribution >= 0.6 is 0 Å². The number of aliphatic hydroxyl groups is 3. The smallest absolute Gasteiger partial charge is 0.245 e. The van der Waals surface area contributed by atoms with E-state index in [0.29, 0.717) is 0 Å². The van der Waals surface area contributed by atoms with E-state index in [9.17, 15) is 15.0 Å². The van der Waals surface area contributed by atoms with Gasteiger partial charge >= 0.3 is 0 Å². The molecule has 0 bridgehead atoms. The molecule has 1 aliphatic rings. The van der Waals surface area contributed by atoms with Gasteiger partial charge < -0.3 is 21.1 Å². The monoisotopic (exact) mass is 280 g/mol. The van der Waals surface area contributed by atoms with E-state index in [1.54, 1.807) is 6.07 Å². The number of aliphatic hydroxyl groups excluding tert-OH is 3. The minimum atomic E-state index is -1.14. The highest BCUT2D eigenvalue weighted by Crippen LogP contribution is 2.40. The van der Waals surface area contributed by atoms with Crippen molar-refractivity contribution >= 4 is 11.6 Å². The standard InChI is InChI=1S/C12H16N4O4/c1-5(18)16-8(3-13)9(14)10(15-16)7-2-6(4-17)11(19)12(7)20/h6-7,11-12,17,19-20H,2,4,14H2,1H3/t6-,7-,11+,12-/m0/s1. The van der Waals surface area contributed by atoms with Crippen molar-refractivity contribution in [2.75, 3.05) is 12.3 Å². The van der Waals surface area contributed by atoms with Crippen molar-refractivity contribution in [1.82, 2.24) is 9.78 Å². The van der Waals surface area contributed by atoms with Crippen molar-refractivity contribution < 1.29 is 20.1 Å². The minimum absolute atomic E-state index is 0.0255. The largest absolute Gasteiger partial charge is 0.396 e. The van der Waals surface area contributed by atoms with E-state index < -0.39 is 30.0 Å². The third-order valence-electron chi connectivity index (χ3n) is 3.74. The molecule has 1 aromatic heterocycles. The van der Waals surface area contributed by atoms with Gasteiger partial charge in [-0.25, -0.2) is 0 Å². The van der Waals surface area contributed by atoms with E-state index in [0.717, 1.165) is 4.68 Å². The Kier molecular flexibility index (Phi) is 3.76. The lowest BCUT2D eigenvalue weighted by atomic mass is 9.99. The summed E-state index contributed by atoms with van der Waals surface area (Å²) in [5.74, 6) is -1.57. The van der Waals surface area contributed by atoms with Crippen LogP contribution in [0.3, 0.4) is 0 Å². The topological polar surface area (TPSA) is 145 Å². The molecule has 1 aliphatic carbocycles. The van der Waals surface area contributed by atoms with Crippen LogP contribution in [-0.4, -0.2) is 49.8 Å². The maximum Gasteiger partial charge on any atom is 0.245 e. The second-order valence-corrected chi connectivity index (χ2v) is 4.96. The number of nitrogen functional groups attached to an aromatic ring is 1. The first-order chi connectivity index (χ1) is 9.42. The lowest BCUT2D eigenvalue weighted by molar-refractivity contribution is 0.00204. The van der Waals surface area contributed by atoms with Gasteiger partial charge in [-0.15, -0.1) is 0 Å². The van der Waals surface area contributed by atoms with Gasteiger partial charge in [0.25, 0.3) is 0 Å². The van der Waals surface area contributed by atoms with Crippen molar-refractivity contribution in [2.45, 2.75) is 31.5 Å². The van der Waals surface area contributed by atoms with Gasteiger partial charge in [-0.2, -0.15) is 15.0 Å². The Morgan fingerprint density at radius 2 is 2.20 bits per heavy atom. The highest BCUT2D eigenvalue weighted by atomic mass is 16.3. The van der Waals surface area contributed by atoms with Gasteiger partial charge in [0.05, 0.1) is 23.6 Å². The van der Waals surface area contributed by atoms with Crippen LogP contribution in [0, 0.1) is 17.2 Å². The van der Waals surface area contributed by atoms with E-state index in [1.807, 2.05) is 0 Å². The molecule has 0 spiro atoms. The fraction of sp³-hybridized carbons (Fsp3) is 0.583. The summed E-state index contributed by atoms with van der Waals surface area (Å²) in [5, 5.41) is 42.0. The van der Waals surface area contributed by atoms with E-state index in [-0.39, 0.29) is 30.1 Å². The van der Waals surface area contributed by atoms with Gasteiger partial charge in [0, 0.05) is 25.4 Å².